The lowest BCUT2D eigenvalue weighted by Gasteiger charge is -2.36. The number of allylic oxidation sites excluding steroid dienone is 1. The van der Waals surface area contributed by atoms with Crippen LogP contribution in [-0.2, 0) is 11.2 Å². The van der Waals surface area contributed by atoms with Gasteiger partial charge >= 0.3 is 6.03 Å². The fraction of sp³-hybridized carbons (Fsp3) is 0.370. The second-order valence-corrected chi connectivity index (χ2v) is 8.88. The van der Waals surface area contributed by atoms with Crippen LogP contribution in [0.4, 0.5) is 4.79 Å². The van der Waals surface area contributed by atoms with E-state index in [0.29, 0.717) is 24.0 Å². The first-order valence-electron chi connectivity index (χ1n) is 12.0. The number of nitrogens with zero attached hydrogens (tertiary/aromatic N) is 3. The second kappa shape index (κ2) is 9.92. The van der Waals surface area contributed by atoms with Crippen molar-refractivity contribution >= 4 is 11.6 Å². The molecule has 2 atom stereocenters. The molecule has 0 bridgehead atoms. The van der Waals surface area contributed by atoms with Crippen molar-refractivity contribution in [1.29, 1.82) is 0 Å². The van der Waals surface area contributed by atoms with Crippen LogP contribution in [-0.4, -0.2) is 47.4 Å². The monoisotopic (exact) mass is 474 g/mol. The molecule has 1 aromatic heterocycles. The van der Waals surface area contributed by atoms with Gasteiger partial charge in [-0.05, 0) is 49.4 Å². The van der Waals surface area contributed by atoms with E-state index in [1.807, 2.05) is 43.3 Å². The van der Waals surface area contributed by atoms with Crippen molar-refractivity contribution in [1.82, 2.24) is 20.4 Å². The summed E-state index contributed by atoms with van der Waals surface area (Å²) in [5.74, 6) is 1.59. The number of carbonyl (C=O) groups excluding carboxylic acids is 1. The third kappa shape index (κ3) is 4.66. The maximum atomic E-state index is 13.2. The number of benzene rings is 2. The molecule has 2 aliphatic heterocycles. The fourth-order valence-corrected chi connectivity index (χ4v) is 4.68. The molecule has 1 N–H and O–H groups in total. The van der Waals surface area contributed by atoms with Crippen molar-refractivity contribution in [3.05, 3.63) is 71.2 Å². The summed E-state index contributed by atoms with van der Waals surface area (Å²) in [4.78, 5) is 19.7. The number of hydrogen-bond acceptors (Lipinski definition) is 6. The molecule has 1 saturated heterocycles. The molecule has 35 heavy (non-hydrogen) atoms. The van der Waals surface area contributed by atoms with Gasteiger partial charge in [0.25, 0.3) is 5.89 Å². The molecular weight excluding hydrogens is 444 g/mol. The maximum Gasteiger partial charge on any atom is 0.322 e. The van der Waals surface area contributed by atoms with Crippen molar-refractivity contribution in [2.45, 2.75) is 45.3 Å². The summed E-state index contributed by atoms with van der Waals surface area (Å²) in [7, 11) is 1.62. The summed E-state index contributed by atoms with van der Waals surface area (Å²) >= 11 is 0. The standard InChI is InChI=1S/C27H30N4O4/c1-4-18-10-12-19(13-11-18)25-29-26(35-30-25)23-17(2)31(16-22-9-6-14-34-22)27(32)28-24(23)20-7-5-8-21(15-20)33-3/h5,7-8,10-13,15,22,24H,4,6,9,14,16H2,1-3H3,(H,28,32). The van der Waals surface area contributed by atoms with Crippen LogP contribution in [0.1, 0.15) is 49.7 Å². The first-order chi connectivity index (χ1) is 17.1. The van der Waals surface area contributed by atoms with Gasteiger partial charge in [-0.2, -0.15) is 4.98 Å². The molecule has 8 heteroatoms. The van der Waals surface area contributed by atoms with Gasteiger partial charge in [-0.25, -0.2) is 4.79 Å². The largest absolute Gasteiger partial charge is 0.497 e. The lowest BCUT2D eigenvalue weighted by Crippen LogP contribution is -2.48. The SMILES string of the molecule is CCc1ccc(-c2noc(C3=C(C)N(CC4CCCO4)C(=O)NC3c3cccc(OC)c3)n2)cc1. The molecule has 3 heterocycles. The van der Waals surface area contributed by atoms with E-state index in [1.165, 1.54) is 5.56 Å². The molecule has 3 aromatic rings. The quantitative estimate of drug-likeness (QED) is 0.519. The number of aryl methyl sites for hydroxylation is 1. The van der Waals surface area contributed by atoms with Crippen LogP contribution in [0.15, 0.2) is 58.8 Å². The first-order valence-corrected chi connectivity index (χ1v) is 12.0. The van der Waals surface area contributed by atoms with Crippen molar-refractivity contribution in [2.75, 3.05) is 20.3 Å². The molecule has 2 aliphatic rings. The van der Waals surface area contributed by atoms with E-state index >= 15 is 0 Å². The minimum Gasteiger partial charge on any atom is -0.497 e. The Morgan fingerprint density at radius 2 is 2.03 bits per heavy atom. The van der Waals surface area contributed by atoms with Crippen LogP contribution in [0.25, 0.3) is 17.0 Å². The Bertz CT molecular complexity index is 1230. The van der Waals surface area contributed by atoms with E-state index in [9.17, 15) is 4.79 Å². The Kier molecular flexibility index (Phi) is 6.55. The Balaban J connectivity index is 1.56. The van der Waals surface area contributed by atoms with Gasteiger partial charge < -0.3 is 19.3 Å². The van der Waals surface area contributed by atoms with Gasteiger partial charge in [-0.15, -0.1) is 0 Å². The van der Waals surface area contributed by atoms with E-state index in [2.05, 4.69) is 29.5 Å². The molecule has 0 aliphatic carbocycles. The predicted octanol–water partition coefficient (Wildman–Crippen LogP) is 4.98. The average molecular weight is 475 g/mol. The first kappa shape index (κ1) is 23.1. The van der Waals surface area contributed by atoms with E-state index in [-0.39, 0.29) is 12.1 Å². The molecule has 2 unspecified atom stereocenters. The molecule has 0 spiro atoms. The summed E-state index contributed by atoms with van der Waals surface area (Å²) in [6.45, 7) is 5.25. The highest BCUT2D eigenvalue weighted by Gasteiger charge is 2.37. The van der Waals surface area contributed by atoms with Crippen molar-refractivity contribution in [3.8, 4) is 17.1 Å². The number of urea groups is 1. The number of methoxy groups -OCH3 is 1. The number of carbonyl (C=O) groups is 1. The molecule has 5 rings (SSSR count). The van der Waals surface area contributed by atoms with Crippen LogP contribution in [0.3, 0.4) is 0 Å². The van der Waals surface area contributed by atoms with E-state index in [1.54, 1.807) is 12.0 Å². The minimum atomic E-state index is -0.464. The van der Waals surface area contributed by atoms with Gasteiger partial charge in [-0.1, -0.05) is 48.5 Å². The van der Waals surface area contributed by atoms with Gasteiger partial charge in [0.1, 0.15) is 5.75 Å². The van der Waals surface area contributed by atoms with Gasteiger partial charge in [0.2, 0.25) is 5.82 Å². The summed E-state index contributed by atoms with van der Waals surface area (Å²) in [5, 5.41) is 7.40. The number of ether oxygens (including phenoxy) is 2. The Labute approximate surface area is 204 Å². The van der Waals surface area contributed by atoms with Crippen LogP contribution in [0.2, 0.25) is 0 Å². The highest BCUT2D eigenvalue weighted by molar-refractivity contribution is 5.87. The molecule has 2 aromatic carbocycles. The second-order valence-electron chi connectivity index (χ2n) is 8.88. The Morgan fingerprint density at radius 3 is 2.74 bits per heavy atom. The smallest absolute Gasteiger partial charge is 0.322 e. The third-order valence-corrected chi connectivity index (χ3v) is 6.71. The third-order valence-electron chi connectivity index (χ3n) is 6.71. The molecular formula is C27H30N4O4. The number of rotatable bonds is 7. The lowest BCUT2D eigenvalue weighted by molar-refractivity contribution is 0.0877. The van der Waals surface area contributed by atoms with Gasteiger partial charge in [0.15, 0.2) is 0 Å². The van der Waals surface area contributed by atoms with E-state index in [0.717, 1.165) is 48.3 Å². The number of nitrogens with one attached hydrogen (secondary N) is 1. The van der Waals surface area contributed by atoms with Gasteiger partial charge in [0.05, 0.1) is 31.4 Å². The topological polar surface area (TPSA) is 89.7 Å². The predicted molar refractivity (Wildman–Crippen MR) is 132 cm³/mol. The lowest BCUT2D eigenvalue weighted by atomic mass is 9.94. The van der Waals surface area contributed by atoms with E-state index < -0.39 is 6.04 Å². The number of aromatic nitrogens is 2. The number of hydrogen-bond donors (Lipinski definition) is 1. The summed E-state index contributed by atoms with van der Waals surface area (Å²) in [6.07, 6.45) is 2.92. The van der Waals surface area contributed by atoms with Gasteiger partial charge in [-0.3, -0.25) is 4.90 Å². The van der Waals surface area contributed by atoms with Crippen molar-refractivity contribution in [2.24, 2.45) is 0 Å². The van der Waals surface area contributed by atoms with Crippen molar-refractivity contribution in [3.63, 3.8) is 0 Å². The molecule has 1 fully saturated rings. The summed E-state index contributed by atoms with van der Waals surface area (Å²) < 4.78 is 17.0. The molecule has 2 amide bonds. The molecule has 8 nitrogen and oxygen atoms in total. The number of amides is 2. The molecule has 182 valence electrons. The average Bonchev–Trinajstić information content (AvgIpc) is 3.59. The fourth-order valence-electron chi connectivity index (χ4n) is 4.68. The normalized spacial score (nSPS) is 20.3. The molecule has 0 radical (unpaired) electrons. The Hall–Kier alpha value is -3.65. The van der Waals surface area contributed by atoms with E-state index in [4.69, 9.17) is 19.0 Å². The summed E-state index contributed by atoms with van der Waals surface area (Å²) in [5.41, 5.74) is 4.53. The maximum absolute atomic E-state index is 13.2. The zero-order valence-electron chi connectivity index (χ0n) is 20.3. The van der Waals surface area contributed by atoms with Crippen LogP contribution >= 0.6 is 0 Å². The zero-order valence-corrected chi connectivity index (χ0v) is 20.3. The Morgan fingerprint density at radius 1 is 1.20 bits per heavy atom. The van der Waals surface area contributed by atoms with Crippen molar-refractivity contribution < 1.29 is 18.8 Å². The van der Waals surface area contributed by atoms with Crippen LogP contribution in [0.5, 0.6) is 5.75 Å². The molecule has 0 saturated carbocycles. The zero-order chi connectivity index (χ0) is 24.4. The summed E-state index contributed by atoms with van der Waals surface area (Å²) in [6, 6.07) is 15.1. The highest BCUT2D eigenvalue weighted by Crippen LogP contribution is 2.38. The minimum absolute atomic E-state index is 0.0145. The van der Waals surface area contributed by atoms with Gasteiger partial charge in [0, 0.05) is 17.9 Å². The highest BCUT2D eigenvalue weighted by atomic mass is 16.5. The van der Waals surface area contributed by atoms with Crippen LogP contribution < -0.4 is 10.1 Å². The van der Waals surface area contributed by atoms with Crippen LogP contribution in [0, 0.1) is 0 Å².